The molecule has 0 bridgehead atoms. The second-order valence-electron chi connectivity index (χ2n) is 6.52. The van der Waals surface area contributed by atoms with Gasteiger partial charge in [-0.15, -0.1) is 0 Å². The van der Waals surface area contributed by atoms with Gasteiger partial charge in [0.2, 0.25) is 0 Å². The predicted molar refractivity (Wildman–Crippen MR) is 90.5 cm³/mol. The van der Waals surface area contributed by atoms with E-state index in [0.717, 1.165) is 32.6 Å². The van der Waals surface area contributed by atoms with Crippen molar-refractivity contribution in [2.45, 2.75) is 51.1 Å². The van der Waals surface area contributed by atoms with Gasteiger partial charge in [0.25, 0.3) is 0 Å². The van der Waals surface area contributed by atoms with Gasteiger partial charge in [0.05, 0.1) is 0 Å². The van der Waals surface area contributed by atoms with Crippen molar-refractivity contribution in [2.75, 3.05) is 26.2 Å². The third-order valence-electron chi connectivity index (χ3n) is 4.93. The molecule has 21 heavy (non-hydrogen) atoms. The third kappa shape index (κ3) is 4.80. The fourth-order valence-electron chi connectivity index (χ4n) is 3.17. The highest BCUT2D eigenvalue weighted by molar-refractivity contribution is 5.15. The molecule has 118 valence electrons. The van der Waals surface area contributed by atoms with Crippen LogP contribution in [-0.2, 0) is 6.42 Å². The molecule has 1 aliphatic rings. The summed E-state index contributed by atoms with van der Waals surface area (Å²) in [6.07, 6.45) is 4.65. The Kier molecular flexibility index (Phi) is 6.22. The Balaban J connectivity index is 1.79. The molecule has 3 N–H and O–H groups in total. The molecule has 3 heteroatoms. The van der Waals surface area contributed by atoms with Crippen LogP contribution < -0.4 is 11.1 Å². The zero-order valence-electron chi connectivity index (χ0n) is 13.6. The van der Waals surface area contributed by atoms with Crippen molar-refractivity contribution in [1.29, 1.82) is 0 Å². The Morgan fingerprint density at radius 2 is 1.90 bits per heavy atom. The number of nitrogens with two attached hydrogens (primary N) is 1. The Hall–Kier alpha value is -0.900. The van der Waals surface area contributed by atoms with Crippen molar-refractivity contribution in [3.05, 3.63) is 35.9 Å². The normalized spacial score (nSPS) is 20.3. The second kappa shape index (κ2) is 7.92. The first-order valence-corrected chi connectivity index (χ1v) is 8.41. The molecule has 1 aromatic rings. The summed E-state index contributed by atoms with van der Waals surface area (Å²) >= 11 is 0. The van der Waals surface area contributed by atoms with Crippen LogP contribution in [0.2, 0.25) is 0 Å². The van der Waals surface area contributed by atoms with Crippen LogP contribution in [-0.4, -0.2) is 42.7 Å². The first kappa shape index (κ1) is 16.5. The van der Waals surface area contributed by atoms with Crippen molar-refractivity contribution in [1.82, 2.24) is 10.2 Å². The molecular weight excluding hydrogens is 258 g/mol. The summed E-state index contributed by atoms with van der Waals surface area (Å²) in [7, 11) is 0. The number of hydrogen-bond acceptors (Lipinski definition) is 3. The largest absolute Gasteiger partial charge is 0.329 e. The number of hydrogen-bond donors (Lipinski definition) is 2. The Bertz CT molecular complexity index is 396. The lowest BCUT2D eigenvalue weighted by atomic mass is 9.86. The summed E-state index contributed by atoms with van der Waals surface area (Å²) in [5, 5.41) is 3.77. The lowest BCUT2D eigenvalue weighted by Crippen LogP contribution is -2.59. The summed E-state index contributed by atoms with van der Waals surface area (Å²) in [4.78, 5) is 2.58. The quantitative estimate of drug-likeness (QED) is 0.810. The van der Waals surface area contributed by atoms with Crippen molar-refractivity contribution in [3.8, 4) is 0 Å². The Morgan fingerprint density at radius 3 is 2.48 bits per heavy atom. The first-order chi connectivity index (χ1) is 10.2. The van der Waals surface area contributed by atoms with Crippen LogP contribution in [0.3, 0.4) is 0 Å². The van der Waals surface area contributed by atoms with E-state index in [0.29, 0.717) is 6.04 Å². The van der Waals surface area contributed by atoms with Crippen LogP contribution in [0.5, 0.6) is 0 Å². The van der Waals surface area contributed by atoms with Gasteiger partial charge in [0, 0.05) is 24.7 Å². The summed E-state index contributed by atoms with van der Waals surface area (Å²) in [5.41, 5.74) is 7.67. The predicted octanol–water partition coefficient (Wildman–Crippen LogP) is 2.41. The van der Waals surface area contributed by atoms with E-state index < -0.39 is 0 Å². The number of benzene rings is 1. The lowest BCUT2D eigenvalue weighted by molar-refractivity contribution is 0.131. The van der Waals surface area contributed by atoms with Crippen molar-refractivity contribution in [3.63, 3.8) is 0 Å². The maximum absolute atomic E-state index is 6.07. The molecule has 1 aromatic carbocycles. The van der Waals surface area contributed by atoms with Gasteiger partial charge in [-0.05, 0) is 51.3 Å². The standard InChI is InChI=1S/C18H31N3/c1-3-16(2)20-18(15-19)10-13-21(14-11-18)12-9-17-7-5-4-6-8-17/h4-8,16,20H,3,9-15,19H2,1-2H3. The SMILES string of the molecule is CCC(C)NC1(CN)CCN(CCc2ccccc2)CC1. The molecular formula is C18H31N3. The summed E-state index contributed by atoms with van der Waals surface area (Å²) in [6.45, 7) is 8.73. The zero-order chi connectivity index (χ0) is 15.1. The molecule has 0 spiro atoms. The Labute approximate surface area is 129 Å². The highest BCUT2D eigenvalue weighted by Crippen LogP contribution is 2.22. The van der Waals surface area contributed by atoms with E-state index in [1.54, 1.807) is 0 Å². The van der Waals surface area contributed by atoms with E-state index in [2.05, 4.69) is 54.4 Å². The molecule has 1 saturated heterocycles. The van der Waals surface area contributed by atoms with Crippen molar-refractivity contribution >= 4 is 0 Å². The highest BCUT2D eigenvalue weighted by atomic mass is 15.2. The van der Waals surface area contributed by atoms with Gasteiger partial charge >= 0.3 is 0 Å². The number of piperidine rings is 1. The summed E-state index contributed by atoms with van der Waals surface area (Å²) in [6, 6.07) is 11.3. The van der Waals surface area contributed by atoms with Gasteiger partial charge in [-0.2, -0.15) is 0 Å². The van der Waals surface area contributed by atoms with Crippen LogP contribution in [0.15, 0.2) is 30.3 Å². The van der Waals surface area contributed by atoms with Crippen LogP contribution in [0.25, 0.3) is 0 Å². The smallest absolute Gasteiger partial charge is 0.0330 e. The highest BCUT2D eigenvalue weighted by Gasteiger charge is 2.33. The second-order valence-corrected chi connectivity index (χ2v) is 6.52. The number of nitrogens with zero attached hydrogens (tertiary/aromatic N) is 1. The van der Waals surface area contributed by atoms with Crippen LogP contribution >= 0.6 is 0 Å². The van der Waals surface area contributed by atoms with Crippen LogP contribution in [0.1, 0.15) is 38.7 Å². The topological polar surface area (TPSA) is 41.3 Å². The Morgan fingerprint density at radius 1 is 1.24 bits per heavy atom. The zero-order valence-corrected chi connectivity index (χ0v) is 13.6. The minimum Gasteiger partial charge on any atom is -0.329 e. The molecule has 0 aromatic heterocycles. The molecule has 1 atom stereocenters. The van der Waals surface area contributed by atoms with Gasteiger partial charge in [-0.25, -0.2) is 0 Å². The maximum Gasteiger partial charge on any atom is 0.0330 e. The van der Waals surface area contributed by atoms with Gasteiger partial charge in [0.15, 0.2) is 0 Å². The van der Waals surface area contributed by atoms with Gasteiger partial charge < -0.3 is 16.0 Å². The molecule has 1 fully saturated rings. The first-order valence-electron chi connectivity index (χ1n) is 8.41. The summed E-state index contributed by atoms with van der Waals surface area (Å²) in [5.74, 6) is 0. The minimum absolute atomic E-state index is 0.165. The number of likely N-dealkylation sites (tertiary alicyclic amines) is 1. The molecule has 3 nitrogen and oxygen atoms in total. The van der Waals surface area contributed by atoms with Crippen molar-refractivity contribution < 1.29 is 0 Å². The average Bonchev–Trinajstić information content (AvgIpc) is 2.55. The van der Waals surface area contributed by atoms with E-state index in [9.17, 15) is 0 Å². The van der Waals surface area contributed by atoms with Gasteiger partial charge in [-0.3, -0.25) is 0 Å². The third-order valence-corrected chi connectivity index (χ3v) is 4.93. The summed E-state index contributed by atoms with van der Waals surface area (Å²) < 4.78 is 0. The van der Waals surface area contributed by atoms with Gasteiger partial charge in [-0.1, -0.05) is 37.3 Å². The molecule has 1 aliphatic heterocycles. The lowest BCUT2D eigenvalue weighted by Gasteiger charge is -2.43. The number of nitrogens with one attached hydrogen (secondary N) is 1. The maximum atomic E-state index is 6.07. The average molecular weight is 289 g/mol. The molecule has 2 rings (SSSR count). The molecule has 0 aliphatic carbocycles. The molecule has 0 amide bonds. The molecule has 1 unspecified atom stereocenters. The minimum atomic E-state index is 0.165. The van der Waals surface area contributed by atoms with E-state index in [-0.39, 0.29) is 5.54 Å². The monoisotopic (exact) mass is 289 g/mol. The molecule has 0 radical (unpaired) electrons. The number of rotatable bonds is 7. The van der Waals surface area contributed by atoms with E-state index in [4.69, 9.17) is 5.73 Å². The molecule has 0 saturated carbocycles. The van der Waals surface area contributed by atoms with E-state index >= 15 is 0 Å². The fourth-order valence-corrected chi connectivity index (χ4v) is 3.17. The fraction of sp³-hybridized carbons (Fsp3) is 0.667. The molecule has 1 heterocycles. The van der Waals surface area contributed by atoms with Crippen molar-refractivity contribution in [2.24, 2.45) is 5.73 Å². The van der Waals surface area contributed by atoms with E-state index in [1.165, 1.54) is 24.8 Å². The van der Waals surface area contributed by atoms with Gasteiger partial charge in [0.1, 0.15) is 0 Å². The van der Waals surface area contributed by atoms with Crippen LogP contribution in [0.4, 0.5) is 0 Å². The van der Waals surface area contributed by atoms with Crippen LogP contribution in [0, 0.1) is 0 Å². The van der Waals surface area contributed by atoms with E-state index in [1.807, 2.05) is 0 Å².